The van der Waals surface area contributed by atoms with E-state index in [0.717, 1.165) is 28.7 Å². The molecule has 4 bridgehead atoms. The molecule has 12 nitrogen and oxygen atoms in total. The molecule has 4 aliphatic carbocycles. The molecule has 4 unspecified atom stereocenters. The molecule has 0 heterocycles. The van der Waals surface area contributed by atoms with Crippen LogP contribution in [0.4, 0.5) is 0 Å². The third-order valence-electron chi connectivity index (χ3n) is 11.4. The van der Waals surface area contributed by atoms with Crippen LogP contribution in [0.15, 0.2) is 42.5 Å². The van der Waals surface area contributed by atoms with Crippen molar-refractivity contribution < 1.29 is 33.8 Å². The Bertz CT molecular complexity index is 1640. The number of hydrogen-bond acceptors (Lipinski definition) is 10. The molecule has 4 saturated carbocycles. The fourth-order valence-corrected chi connectivity index (χ4v) is 9.96. The summed E-state index contributed by atoms with van der Waals surface area (Å²) in [5.74, 6) is -2.02. The molecule has 6 rings (SSSR count). The molecule has 8 N–H and O–H groups in total. The smallest absolute Gasteiger partial charge is 0.312 e. The number of carbonyl (C=O) groups excluding carboxylic acids is 5. The molecular weight excluding hydrogens is 718 g/mol. The molecule has 6 atom stereocenters. The largest absolute Gasteiger partial charge is 0.508 e. The predicted molar refractivity (Wildman–Crippen MR) is 206 cm³/mol. The number of hydrogen-bond donors (Lipinski definition) is 6. The highest BCUT2D eigenvalue weighted by Crippen LogP contribution is 2.64. The zero-order valence-corrected chi connectivity index (χ0v) is 32.6. The molecule has 0 spiro atoms. The van der Waals surface area contributed by atoms with Gasteiger partial charge >= 0.3 is 5.97 Å². The highest BCUT2D eigenvalue weighted by molar-refractivity contribution is 7.98. The van der Waals surface area contributed by atoms with Gasteiger partial charge in [-0.3, -0.25) is 24.0 Å². The number of aromatic hydroxyl groups is 1. The maximum Gasteiger partial charge on any atom is 0.312 e. The summed E-state index contributed by atoms with van der Waals surface area (Å²) in [6.07, 6.45) is 5.92. The standard InChI is InChI=1S/C39H53N5O7S.ClH/c1-22-12-27(45)13-23(2)28(22)16-29(40)35(48)44-30(10-11-52-4)36(49)42-21-32(46)43-31(15-24-8-6-5-7-9-24)33(47)34-38(37(50)51-3)17-25-14-26(18-38)20-39(34,41)19-25;/h5-9,12-13,25-26,29-31,34,45H,10-11,14-21,40-41H2,1-4H3,(H,42,49)(H,43,46)(H,44,48);1H/t25?,26?,29?,30-,31+,34?,38?,39?;/m1./s1. The van der Waals surface area contributed by atoms with Crippen LogP contribution < -0.4 is 27.4 Å². The molecule has 0 aliphatic heterocycles. The second kappa shape index (κ2) is 17.7. The van der Waals surface area contributed by atoms with Crippen molar-refractivity contribution in [2.24, 2.45) is 34.6 Å². The summed E-state index contributed by atoms with van der Waals surface area (Å²) in [5, 5.41) is 18.1. The summed E-state index contributed by atoms with van der Waals surface area (Å²) in [6.45, 7) is 3.23. The number of halogens is 1. The van der Waals surface area contributed by atoms with E-state index < -0.39 is 65.2 Å². The Morgan fingerprint density at radius 1 is 0.943 bits per heavy atom. The fourth-order valence-electron chi connectivity index (χ4n) is 9.48. The molecule has 2 aromatic carbocycles. The number of amides is 3. The summed E-state index contributed by atoms with van der Waals surface area (Å²) < 4.78 is 5.31. The first-order chi connectivity index (χ1) is 24.7. The van der Waals surface area contributed by atoms with E-state index in [9.17, 15) is 29.1 Å². The SMILES string of the molecule is COC(=O)C12CC3CC(CC(N)(C3)C1C(=O)[C@H](Cc1ccccc1)NC(=O)CNC(=O)[C@@H](CCSC)NC(=O)C(N)Cc1c(C)cc(O)cc1C)C2.Cl. The van der Waals surface area contributed by atoms with E-state index in [2.05, 4.69) is 16.0 Å². The Morgan fingerprint density at radius 2 is 1.57 bits per heavy atom. The number of methoxy groups -OCH3 is 1. The van der Waals surface area contributed by atoms with Crippen molar-refractivity contribution in [1.29, 1.82) is 0 Å². The lowest BCUT2D eigenvalue weighted by atomic mass is 9.41. The van der Waals surface area contributed by atoms with Crippen LogP contribution in [0.25, 0.3) is 0 Å². The van der Waals surface area contributed by atoms with E-state index in [-0.39, 0.29) is 48.6 Å². The van der Waals surface area contributed by atoms with E-state index in [0.29, 0.717) is 37.9 Å². The third kappa shape index (κ3) is 9.36. The van der Waals surface area contributed by atoms with E-state index in [1.165, 1.54) is 18.9 Å². The van der Waals surface area contributed by atoms with Crippen LogP contribution in [0.3, 0.4) is 0 Å². The van der Waals surface area contributed by atoms with Gasteiger partial charge in [-0.15, -0.1) is 12.4 Å². The van der Waals surface area contributed by atoms with Gasteiger partial charge in [0.2, 0.25) is 17.7 Å². The van der Waals surface area contributed by atoms with Crippen LogP contribution in [-0.2, 0) is 41.6 Å². The maximum atomic E-state index is 14.7. The Labute approximate surface area is 322 Å². The van der Waals surface area contributed by atoms with E-state index in [1.807, 2.05) is 50.4 Å². The number of esters is 1. The molecule has 0 radical (unpaired) electrons. The maximum absolute atomic E-state index is 14.7. The molecule has 4 aliphatic rings. The molecule has 53 heavy (non-hydrogen) atoms. The lowest BCUT2D eigenvalue weighted by molar-refractivity contribution is -0.188. The summed E-state index contributed by atoms with van der Waals surface area (Å²) in [6, 6.07) is 9.61. The molecule has 290 valence electrons. The summed E-state index contributed by atoms with van der Waals surface area (Å²) >= 11 is 1.51. The average molecular weight is 772 g/mol. The highest BCUT2D eigenvalue weighted by Gasteiger charge is 2.68. The number of aryl methyl sites for hydroxylation is 2. The monoisotopic (exact) mass is 771 g/mol. The number of Topliss-reactive ketones (excluding diaryl/α,β-unsaturated/α-hetero) is 1. The second-order valence-corrected chi connectivity index (χ2v) is 16.2. The van der Waals surface area contributed by atoms with Gasteiger partial charge in [0.15, 0.2) is 5.78 Å². The second-order valence-electron chi connectivity index (χ2n) is 15.2. The molecule has 14 heteroatoms. The Morgan fingerprint density at radius 3 is 2.15 bits per heavy atom. The zero-order chi connectivity index (χ0) is 37.8. The van der Waals surface area contributed by atoms with Crippen molar-refractivity contribution in [3.8, 4) is 5.75 Å². The highest BCUT2D eigenvalue weighted by atomic mass is 35.5. The topological polar surface area (TPSA) is 203 Å². The van der Waals surface area contributed by atoms with Crippen LogP contribution >= 0.6 is 24.2 Å². The van der Waals surface area contributed by atoms with Gasteiger partial charge in [-0.05, 0) is 123 Å². The number of rotatable bonds is 16. The number of benzene rings is 2. The van der Waals surface area contributed by atoms with Crippen molar-refractivity contribution in [3.63, 3.8) is 0 Å². The fraction of sp³-hybridized carbons (Fsp3) is 0.564. The summed E-state index contributed by atoms with van der Waals surface area (Å²) in [4.78, 5) is 68.3. The van der Waals surface area contributed by atoms with Crippen LogP contribution in [0.5, 0.6) is 5.75 Å². The first kappa shape index (κ1) is 42.1. The lowest BCUT2D eigenvalue weighted by Gasteiger charge is -2.63. The first-order valence-electron chi connectivity index (χ1n) is 18.1. The first-order valence-corrected chi connectivity index (χ1v) is 19.4. The molecular formula is C39H54ClN5O7S. The quantitative estimate of drug-likeness (QED) is 0.138. The van der Waals surface area contributed by atoms with Gasteiger partial charge in [-0.25, -0.2) is 0 Å². The number of ether oxygens (including phenoxy) is 1. The average Bonchev–Trinajstić information content (AvgIpc) is 3.09. The van der Waals surface area contributed by atoms with E-state index in [1.54, 1.807) is 12.1 Å². The minimum Gasteiger partial charge on any atom is -0.508 e. The predicted octanol–water partition coefficient (Wildman–Crippen LogP) is 2.65. The third-order valence-corrected chi connectivity index (χ3v) is 12.0. The molecule has 0 saturated heterocycles. The Balaban J connectivity index is 0.00000627. The number of ketones is 1. The van der Waals surface area contributed by atoms with Crippen molar-refractivity contribution in [2.45, 2.75) is 88.9 Å². The van der Waals surface area contributed by atoms with E-state index in [4.69, 9.17) is 16.2 Å². The number of nitrogens with two attached hydrogens (primary N) is 2. The number of phenols is 1. The minimum atomic E-state index is -1.04. The van der Waals surface area contributed by atoms with Gasteiger partial charge in [0.1, 0.15) is 11.8 Å². The number of phenolic OH excluding ortho intramolecular Hbond substituents is 1. The molecule has 2 aromatic rings. The van der Waals surface area contributed by atoms with Gasteiger partial charge in [0.05, 0.1) is 37.1 Å². The van der Waals surface area contributed by atoms with Crippen molar-refractivity contribution in [1.82, 2.24) is 16.0 Å². The van der Waals surface area contributed by atoms with Gasteiger partial charge in [-0.2, -0.15) is 11.8 Å². The van der Waals surface area contributed by atoms with Gasteiger partial charge in [0, 0.05) is 5.54 Å². The van der Waals surface area contributed by atoms with Crippen LogP contribution in [0.2, 0.25) is 0 Å². The van der Waals surface area contributed by atoms with Crippen molar-refractivity contribution in [2.75, 3.05) is 25.7 Å². The van der Waals surface area contributed by atoms with E-state index >= 15 is 0 Å². The van der Waals surface area contributed by atoms with Crippen LogP contribution in [-0.4, -0.2) is 83.9 Å². The number of thioether (sulfide) groups is 1. The summed E-state index contributed by atoms with van der Waals surface area (Å²) in [5.41, 5.74) is 14.7. The molecule has 0 aromatic heterocycles. The van der Waals surface area contributed by atoms with Crippen molar-refractivity contribution >= 4 is 53.6 Å². The summed E-state index contributed by atoms with van der Waals surface area (Å²) in [7, 11) is 1.34. The Kier molecular flexibility index (Phi) is 14.0. The molecule has 3 amide bonds. The normalized spacial score (nSPS) is 25.7. The Hall–Kier alpha value is -3.65. The van der Waals surface area contributed by atoms with Crippen molar-refractivity contribution in [3.05, 3.63) is 64.7 Å². The minimum absolute atomic E-state index is 0. The number of carbonyl (C=O) groups is 5. The zero-order valence-electron chi connectivity index (χ0n) is 30.9. The van der Waals surface area contributed by atoms with Gasteiger partial charge in [-0.1, -0.05) is 30.3 Å². The van der Waals surface area contributed by atoms with Crippen LogP contribution in [0, 0.1) is 37.0 Å². The lowest BCUT2D eigenvalue weighted by Crippen LogP contribution is -2.72. The van der Waals surface area contributed by atoms with Gasteiger partial charge in [0.25, 0.3) is 0 Å². The van der Waals surface area contributed by atoms with Crippen LogP contribution in [0.1, 0.15) is 60.8 Å². The number of nitrogens with one attached hydrogen (secondary N) is 3. The molecule has 4 fully saturated rings. The van der Waals surface area contributed by atoms with Gasteiger partial charge < -0.3 is 37.3 Å².